The largest absolute Gasteiger partial charge is 0.466 e. The Labute approximate surface area is 159 Å². The van der Waals surface area contributed by atoms with Gasteiger partial charge in [0, 0.05) is 18.5 Å². The minimum Gasteiger partial charge on any atom is -0.412 e. The molecule has 29 heavy (non-hydrogen) atoms. The lowest BCUT2D eigenvalue weighted by molar-refractivity contribution is -0.349. The van der Waals surface area contributed by atoms with Crippen LogP contribution in [0.2, 0.25) is 0 Å². The number of halogens is 7. The van der Waals surface area contributed by atoms with Gasteiger partial charge in [0.1, 0.15) is 0 Å². The van der Waals surface area contributed by atoms with Crippen LogP contribution in [0.25, 0.3) is 0 Å². The van der Waals surface area contributed by atoms with E-state index in [4.69, 9.17) is 4.55 Å². The van der Waals surface area contributed by atoms with Crippen LogP contribution >= 0.6 is 0 Å². The van der Waals surface area contributed by atoms with E-state index in [1.165, 1.54) is 13.8 Å². The highest BCUT2D eigenvalue weighted by molar-refractivity contribution is 7.87. The van der Waals surface area contributed by atoms with Gasteiger partial charge < -0.3 is 14.8 Å². The van der Waals surface area contributed by atoms with Crippen molar-refractivity contribution in [1.82, 2.24) is 5.32 Å². The maximum absolute atomic E-state index is 13.4. The van der Waals surface area contributed by atoms with Crippen LogP contribution in [-0.4, -0.2) is 60.6 Å². The number of rotatable bonds is 10. The van der Waals surface area contributed by atoms with Crippen molar-refractivity contribution in [3.63, 3.8) is 0 Å². The Kier molecular flexibility index (Phi) is 8.24. The molecule has 1 atom stereocenters. The number of esters is 1. The number of ether oxygens (including phenoxy) is 2. The summed E-state index contributed by atoms with van der Waals surface area (Å²) in [5.74, 6) is -14.2. The zero-order valence-electron chi connectivity index (χ0n) is 14.7. The maximum Gasteiger partial charge on any atom is 0.466 e. The first-order valence-electron chi connectivity index (χ1n) is 7.35. The molecule has 0 aromatic carbocycles. The Bertz CT molecular complexity index is 736. The van der Waals surface area contributed by atoms with Crippen LogP contribution in [-0.2, 0) is 29.2 Å². The normalized spacial score (nSPS) is 15.6. The van der Waals surface area contributed by atoms with E-state index >= 15 is 0 Å². The van der Waals surface area contributed by atoms with E-state index in [2.05, 4.69) is 16.1 Å². The second-order valence-electron chi connectivity index (χ2n) is 5.66. The van der Waals surface area contributed by atoms with E-state index in [1.807, 2.05) is 0 Å². The fourth-order valence-corrected chi connectivity index (χ4v) is 2.09. The Morgan fingerprint density at radius 3 is 1.97 bits per heavy atom. The summed E-state index contributed by atoms with van der Waals surface area (Å²) in [6.07, 6.45) is -8.13. The van der Waals surface area contributed by atoms with Crippen LogP contribution in [0.5, 0.6) is 0 Å². The molecule has 1 unspecified atom stereocenters. The summed E-state index contributed by atoms with van der Waals surface area (Å²) in [6, 6.07) is -0.999. The lowest BCUT2D eigenvalue weighted by Crippen LogP contribution is -2.62. The molecule has 0 saturated carbocycles. The van der Waals surface area contributed by atoms with Gasteiger partial charge in [0.2, 0.25) is 0 Å². The van der Waals surface area contributed by atoms with Gasteiger partial charge in [0.05, 0.1) is 6.61 Å². The van der Waals surface area contributed by atoms with Gasteiger partial charge in [-0.1, -0.05) is 6.58 Å². The van der Waals surface area contributed by atoms with Crippen LogP contribution < -0.4 is 5.32 Å². The fraction of sp³-hybridized carbons (Fsp3) is 0.692. The van der Waals surface area contributed by atoms with Crippen molar-refractivity contribution < 1.29 is 62.8 Å². The Balaban J connectivity index is 5.93. The standard InChI is InChI=1S/C13H16F7NO7S/c1-4-8(22)28-11(12(16,17)18,9(23)21-7(2)3)27-6-5-10(14,15)13(19,20)29(24,25)26/h4,7H,1,5-6H2,2-3H3,(H,21,23)(H,24,25,26). The minimum absolute atomic E-state index is 0.174. The van der Waals surface area contributed by atoms with Crippen LogP contribution in [0.4, 0.5) is 30.7 Å². The summed E-state index contributed by atoms with van der Waals surface area (Å²) in [4.78, 5) is 23.2. The molecule has 0 saturated heterocycles. The number of carbonyl (C=O) groups is 2. The van der Waals surface area contributed by atoms with Crippen molar-refractivity contribution in [2.45, 2.75) is 49.5 Å². The third-order valence-corrected chi connectivity index (χ3v) is 3.92. The molecule has 0 bridgehead atoms. The number of carbonyl (C=O) groups excluding carboxylic acids is 2. The highest BCUT2D eigenvalue weighted by Gasteiger charge is 2.68. The minimum atomic E-state index is -6.65. The highest BCUT2D eigenvalue weighted by atomic mass is 32.2. The molecule has 0 radical (unpaired) electrons. The molecule has 1 amide bonds. The van der Waals surface area contributed by atoms with Gasteiger partial charge in [-0.05, 0) is 13.8 Å². The van der Waals surface area contributed by atoms with E-state index in [-0.39, 0.29) is 6.08 Å². The van der Waals surface area contributed by atoms with Crippen molar-refractivity contribution in [3.05, 3.63) is 12.7 Å². The molecule has 0 fully saturated rings. The van der Waals surface area contributed by atoms with Gasteiger partial charge in [0.15, 0.2) is 0 Å². The number of hydrogen-bond acceptors (Lipinski definition) is 6. The van der Waals surface area contributed by atoms with E-state index in [0.29, 0.717) is 0 Å². The number of hydrogen-bond donors (Lipinski definition) is 2. The number of alkyl halides is 7. The lowest BCUT2D eigenvalue weighted by atomic mass is 10.2. The predicted molar refractivity (Wildman–Crippen MR) is 80.4 cm³/mol. The lowest BCUT2D eigenvalue weighted by Gasteiger charge is -2.34. The highest BCUT2D eigenvalue weighted by Crippen LogP contribution is 2.42. The zero-order valence-corrected chi connectivity index (χ0v) is 15.5. The van der Waals surface area contributed by atoms with Gasteiger partial charge >= 0.3 is 45.1 Å². The van der Waals surface area contributed by atoms with Gasteiger partial charge in [-0.25, -0.2) is 4.79 Å². The molecule has 16 heteroatoms. The van der Waals surface area contributed by atoms with Gasteiger partial charge in [-0.3, -0.25) is 9.35 Å². The van der Waals surface area contributed by atoms with Crippen molar-refractivity contribution in [1.29, 1.82) is 0 Å². The van der Waals surface area contributed by atoms with E-state index in [0.717, 1.165) is 0 Å². The average Bonchev–Trinajstić information content (AvgIpc) is 2.50. The quantitative estimate of drug-likeness (QED) is 0.167. The van der Waals surface area contributed by atoms with Crippen molar-refractivity contribution >= 4 is 22.0 Å². The molecule has 0 aromatic heterocycles. The Morgan fingerprint density at radius 2 is 1.62 bits per heavy atom. The topological polar surface area (TPSA) is 119 Å². The fourth-order valence-electron chi connectivity index (χ4n) is 1.61. The number of amides is 1. The van der Waals surface area contributed by atoms with E-state index in [9.17, 15) is 48.7 Å². The van der Waals surface area contributed by atoms with Gasteiger partial charge in [0.25, 0.3) is 0 Å². The molecular formula is C13H16F7NO7S. The molecule has 0 aromatic rings. The molecule has 0 aliphatic heterocycles. The summed E-state index contributed by atoms with van der Waals surface area (Å²) >= 11 is 0. The second kappa shape index (κ2) is 8.83. The SMILES string of the molecule is C=CC(=O)OC(OCCC(F)(F)C(F)(F)S(=O)(=O)O)(C(=O)NC(C)C)C(F)(F)F. The molecule has 170 valence electrons. The number of nitrogens with one attached hydrogen (secondary N) is 1. The summed E-state index contributed by atoms with van der Waals surface area (Å²) in [6.45, 7) is 3.09. The monoisotopic (exact) mass is 463 g/mol. The first-order valence-corrected chi connectivity index (χ1v) is 8.79. The zero-order chi connectivity index (χ0) is 23.5. The molecule has 2 N–H and O–H groups in total. The van der Waals surface area contributed by atoms with E-state index < -0.39 is 64.2 Å². The van der Waals surface area contributed by atoms with Crippen LogP contribution in [0.15, 0.2) is 12.7 Å². The second-order valence-corrected chi connectivity index (χ2v) is 7.13. The van der Waals surface area contributed by atoms with Crippen molar-refractivity contribution in [2.24, 2.45) is 0 Å². The first kappa shape index (κ1) is 27.1. The maximum atomic E-state index is 13.4. The van der Waals surface area contributed by atoms with Crippen molar-refractivity contribution in [2.75, 3.05) is 6.61 Å². The third kappa shape index (κ3) is 6.02. The summed E-state index contributed by atoms with van der Waals surface area (Å²) in [7, 11) is -6.65. The van der Waals surface area contributed by atoms with E-state index in [1.54, 1.807) is 5.32 Å². The Morgan fingerprint density at radius 1 is 1.14 bits per heavy atom. The third-order valence-electron chi connectivity index (χ3n) is 2.97. The predicted octanol–water partition coefficient (Wildman–Crippen LogP) is 2.02. The van der Waals surface area contributed by atoms with Gasteiger partial charge in [-0.15, -0.1) is 0 Å². The summed E-state index contributed by atoms with van der Waals surface area (Å²) in [5, 5.41) is -4.43. The smallest absolute Gasteiger partial charge is 0.412 e. The molecule has 0 aliphatic carbocycles. The molecule has 0 heterocycles. The van der Waals surface area contributed by atoms with Crippen molar-refractivity contribution in [3.8, 4) is 0 Å². The first-order chi connectivity index (χ1) is 12.7. The average molecular weight is 463 g/mol. The molecular weight excluding hydrogens is 447 g/mol. The molecule has 0 aliphatic rings. The Hall–Kier alpha value is -1.94. The molecule has 0 rings (SSSR count). The van der Waals surface area contributed by atoms with Crippen LogP contribution in [0, 0.1) is 0 Å². The molecule has 0 spiro atoms. The van der Waals surface area contributed by atoms with Crippen LogP contribution in [0.1, 0.15) is 20.3 Å². The summed E-state index contributed by atoms with van der Waals surface area (Å²) < 4.78 is 130. The summed E-state index contributed by atoms with van der Waals surface area (Å²) in [5.41, 5.74) is 0. The molecule has 8 nitrogen and oxygen atoms in total. The van der Waals surface area contributed by atoms with Gasteiger partial charge in [-0.2, -0.15) is 39.2 Å². The van der Waals surface area contributed by atoms with Crippen LogP contribution in [0.3, 0.4) is 0 Å².